The van der Waals surface area contributed by atoms with Crippen LogP contribution in [0.5, 0.6) is 0 Å². The van der Waals surface area contributed by atoms with Gasteiger partial charge in [-0.05, 0) is 11.6 Å². The minimum absolute atomic E-state index is 0.427. The fourth-order valence-corrected chi connectivity index (χ4v) is 0.927. The second kappa shape index (κ2) is 2.82. The van der Waals surface area contributed by atoms with Crippen molar-refractivity contribution in [2.45, 2.75) is 19.8 Å². The molecule has 0 aromatic heterocycles. The fourth-order valence-electron chi connectivity index (χ4n) is 0.482. The van der Waals surface area contributed by atoms with Crippen LogP contribution in [0.15, 0.2) is 5.16 Å². The van der Waals surface area contributed by atoms with Gasteiger partial charge in [0.2, 0.25) is 5.90 Å². The van der Waals surface area contributed by atoms with Crippen molar-refractivity contribution in [3.05, 3.63) is 0 Å². The Labute approximate surface area is 55.7 Å². The van der Waals surface area contributed by atoms with Crippen LogP contribution in [-0.2, 0) is 19.8 Å². The van der Waals surface area contributed by atoms with Crippen LogP contribution in [0.1, 0.15) is 19.8 Å². The summed E-state index contributed by atoms with van der Waals surface area (Å²) in [6.45, 7) is 1.98. The van der Waals surface area contributed by atoms with Crippen LogP contribution in [-0.4, -0.2) is 10.1 Å². The Kier molecular flexibility index (Phi) is 2.05. The number of oxime groups is 1. The van der Waals surface area contributed by atoms with Gasteiger partial charge in [-0.15, -0.1) is 0 Å². The normalized spacial score (nSPS) is 24.6. The molecule has 9 heavy (non-hydrogen) atoms. The third-order valence-electron chi connectivity index (χ3n) is 0.828. The fraction of sp³-hybridized carbons (Fsp3) is 0.750. The zero-order chi connectivity index (χ0) is 6.69. The van der Waals surface area contributed by atoms with Gasteiger partial charge in [0.25, 0.3) is 0 Å². The maximum atomic E-state index is 10.3. The first-order valence-electron chi connectivity index (χ1n) is 2.67. The van der Waals surface area contributed by atoms with Crippen LogP contribution in [0.25, 0.3) is 0 Å². The standard InChI is InChI=1S/C4H7NO3S/c1-2-3-4-5-8-9(6)7-4/h2-3H2,1H3. The van der Waals surface area contributed by atoms with Crippen LogP contribution in [0.3, 0.4) is 0 Å². The lowest BCUT2D eigenvalue weighted by Crippen LogP contribution is -1.97. The molecule has 0 aromatic rings. The first kappa shape index (κ1) is 6.54. The van der Waals surface area contributed by atoms with Crippen molar-refractivity contribution in [1.82, 2.24) is 0 Å². The van der Waals surface area contributed by atoms with Crippen molar-refractivity contribution >= 4 is 17.3 Å². The monoisotopic (exact) mass is 149 g/mol. The first-order valence-corrected chi connectivity index (χ1v) is 3.67. The van der Waals surface area contributed by atoms with Gasteiger partial charge in [0.05, 0.1) is 0 Å². The van der Waals surface area contributed by atoms with E-state index in [2.05, 4.69) is 13.6 Å². The van der Waals surface area contributed by atoms with Gasteiger partial charge in [-0.3, -0.25) is 4.28 Å². The summed E-state index contributed by atoms with van der Waals surface area (Å²) in [7, 11) is 0. The third kappa shape index (κ3) is 1.67. The van der Waals surface area contributed by atoms with E-state index in [9.17, 15) is 4.21 Å². The number of nitrogens with zero attached hydrogens (tertiary/aromatic N) is 1. The van der Waals surface area contributed by atoms with E-state index in [1.54, 1.807) is 0 Å². The summed E-state index contributed by atoms with van der Waals surface area (Å²) in [5.41, 5.74) is 0. The second-order valence-corrected chi connectivity index (χ2v) is 2.32. The number of hydrogen-bond acceptors (Lipinski definition) is 4. The molecule has 0 N–H and O–H groups in total. The van der Waals surface area contributed by atoms with Crippen molar-refractivity contribution in [2.24, 2.45) is 5.16 Å². The highest BCUT2D eigenvalue weighted by molar-refractivity contribution is 7.75. The Morgan fingerprint density at radius 3 is 3.00 bits per heavy atom. The lowest BCUT2D eigenvalue weighted by molar-refractivity contribution is 0.371. The van der Waals surface area contributed by atoms with E-state index in [0.717, 1.165) is 6.42 Å². The minimum atomic E-state index is -1.66. The van der Waals surface area contributed by atoms with Gasteiger partial charge in [0, 0.05) is 6.42 Å². The SMILES string of the molecule is CCCC1=NOS(=O)O1. The quantitative estimate of drug-likeness (QED) is 0.581. The molecule has 1 aliphatic rings. The first-order chi connectivity index (χ1) is 4.33. The molecule has 4 nitrogen and oxygen atoms in total. The zero-order valence-electron chi connectivity index (χ0n) is 4.99. The highest BCUT2D eigenvalue weighted by atomic mass is 32.2. The molecule has 1 aliphatic heterocycles. The maximum Gasteiger partial charge on any atom is 0.440 e. The van der Waals surface area contributed by atoms with Crippen LogP contribution in [0, 0.1) is 0 Å². The molecule has 5 heteroatoms. The Balaban J connectivity index is 2.36. The molecule has 0 saturated heterocycles. The highest BCUT2D eigenvalue weighted by Gasteiger charge is 2.15. The number of hydrogen-bond donors (Lipinski definition) is 0. The van der Waals surface area contributed by atoms with Crippen molar-refractivity contribution in [1.29, 1.82) is 0 Å². The zero-order valence-corrected chi connectivity index (χ0v) is 5.81. The summed E-state index contributed by atoms with van der Waals surface area (Å²) < 4.78 is 19.1. The molecule has 0 spiro atoms. The van der Waals surface area contributed by atoms with Crippen LogP contribution in [0.4, 0.5) is 0 Å². The molecule has 0 fully saturated rings. The van der Waals surface area contributed by atoms with E-state index in [0.29, 0.717) is 12.3 Å². The summed E-state index contributed by atoms with van der Waals surface area (Å²) in [4.78, 5) is 0. The lowest BCUT2D eigenvalue weighted by Gasteiger charge is -1.88. The van der Waals surface area contributed by atoms with Gasteiger partial charge >= 0.3 is 11.4 Å². The molecule has 1 heterocycles. The molecule has 1 unspecified atom stereocenters. The molecule has 0 aromatic carbocycles. The Bertz CT molecular complexity index is 156. The number of rotatable bonds is 2. The molecule has 0 aliphatic carbocycles. The van der Waals surface area contributed by atoms with E-state index in [1.807, 2.05) is 6.92 Å². The minimum Gasteiger partial charge on any atom is -0.351 e. The summed E-state index contributed by atoms with van der Waals surface area (Å²) in [5.74, 6) is 0.427. The predicted molar refractivity (Wildman–Crippen MR) is 32.7 cm³/mol. The molecular formula is C4H7NO3S. The topological polar surface area (TPSA) is 47.9 Å². The van der Waals surface area contributed by atoms with Crippen molar-refractivity contribution in [2.75, 3.05) is 0 Å². The van der Waals surface area contributed by atoms with E-state index in [1.165, 1.54) is 0 Å². The van der Waals surface area contributed by atoms with E-state index in [4.69, 9.17) is 0 Å². The van der Waals surface area contributed by atoms with Gasteiger partial charge in [-0.25, -0.2) is 0 Å². The van der Waals surface area contributed by atoms with E-state index in [-0.39, 0.29) is 0 Å². The Morgan fingerprint density at radius 1 is 1.78 bits per heavy atom. The average Bonchev–Trinajstić information content (AvgIpc) is 2.17. The molecule has 1 rings (SSSR count). The predicted octanol–water partition coefficient (Wildman–Crippen LogP) is 0.726. The third-order valence-corrected chi connectivity index (χ3v) is 1.35. The molecule has 0 amide bonds. The molecule has 0 saturated carbocycles. The van der Waals surface area contributed by atoms with E-state index < -0.39 is 11.4 Å². The van der Waals surface area contributed by atoms with Crippen molar-refractivity contribution in [3.8, 4) is 0 Å². The second-order valence-electron chi connectivity index (χ2n) is 1.60. The Morgan fingerprint density at radius 2 is 2.56 bits per heavy atom. The van der Waals surface area contributed by atoms with Gasteiger partial charge in [0.15, 0.2) is 0 Å². The molecule has 0 bridgehead atoms. The summed E-state index contributed by atoms with van der Waals surface area (Å²) >= 11 is -1.66. The van der Waals surface area contributed by atoms with Gasteiger partial charge in [0.1, 0.15) is 0 Å². The van der Waals surface area contributed by atoms with Gasteiger partial charge in [-0.1, -0.05) is 6.92 Å². The largest absolute Gasteiger partial charge is 0.440 e. The van der Waals surface area contributed by atoms with E-state index >= 15 is 0 Å². The highest BCUT2D eigenvalue weighted by Crippen LogP contribution is 2.06. The van der Waals surface area contributed by atoms with Crippen molar-refractivity contribution < 1.29 is 12.7 Å². The van der Waals surface area contributed by atoms with Gasteiger partial charge in [-0.2, -0.15) is 4.21 Å². The molecule has 52 valence electrons. The molecular weight excluding hydrogens is 142 g/mol. The average molecular weight is 149 g/mol. The van der Waals surface area contributed by atoms with Gasteiger partial charge < -0.3 is 4.18 Å². The molecule has 1 atom stereocenters. The van der Waals surface area contributed by atoms with Crippen LogP contribution >= 0.6 is 0 Å². The van der Waals surface area contributed by atoms with Crippen LogP contribution in [0.2, 0.25) is 0 Å². The summed E-state index contributed by atoms with van der Waals surface area (Å²) in [6, 6.07) is 0. The summed E-state index contributed by atoms with van der Waals surface area (Å²) in [6.07, 6.45) is 1.60. The van der Waals surface area contributed by atoms with Crippen molar-refractivity contribution in [3.63, 3.8) is 0 Å². The Hall–Kier alpha value is -0.580. The molecule has 0 radical (unpaired) electrons. The lowest BCUT2D eigenvalue weighted by atomic mass is 10.3. The summed E-state index contributed by atoms with van der Waals surface area (Å²) in [5, 5.41) is 3.40. The van der Waals surface area contributed by atoms with Crippen LogP contribution < -0.4 is 0 Å². The smallest absolute Gasteiger partial charge is 0.351 e. The maximum absolute atomic E-state index is 10.3.